The second-order valence-corrected chi connectivity index (χ2v) is 7.26. The number of piperidine rings is 1. The van der Waals surface area contributed by atoms with E-state index in [4.69, 9.17) is 4.74 Å². The lowest BCUT2D eigenvalue weighted by atomic mass is 9.94. The van der Waals surface area contributed by atoms with Crippen LogP contribution in [0.3, 0.4) is 0 Å². The largest absolute Gasteiger partial charge is 0.437 e. The quantitative estimate of drug-likeness (QED) is 0.797. The maximum absolute atomic E-state index is 12.7. The highest BCUT2D eigenvalue weighted by molar-refractivity contribution is 5.86. The number of aromatic nitrogens is 2. The first-order valence-electron chi connectivity index (χ1n) is 9.80. The second-order valence-electron chi connectivity index (χ2n) is 7.26. The van der Waals surface area contributed by atoms with Gasteiger partial charge in [-0.05, 0) is 31.4 Å². The van der Waals surface area contributed by atoms with E-state index in [0.29, 0.717) is 37.7 Å². The number of ether oxygens (including phenoxy) is 1. The summed E-state index contributed by atoms with van der Waals surface area (Å²) in [6.45, 7) is 2.15. The average Bonchev–Trinajstić information content (AvgIpc) is 3.14. The molecule has 0 saturated carbocycles. The molecule has 28 heavy (non-hydrogen) atoms. The average molecular weight is 380 g/mol. The van der Waals surface area contributed by atoms with Crippen molar-refractivity contribution >= 4 is 11.8 Å². The predicted octanol–water partition coefficient (Wildman–Crippen LogP) is 2.60. The van der Waals surface area contributed by atoms with Gasteiger partial charge in [-0.15, -0.1) is 0 Å². The fraction of sp³-hybridized carbons (Fsp3) is 0.429. The fourth-order valence-corrected chi connectivity index (χ4v) is 3.86. The molecular formula is C21H24N4O3. The zero-order valence-corrected chi connectivity index (χ0v) is 15.8. The third-order valence-corrected chi connectivity index (χ3v) is 5.31. The molecule has 0 N–H and O–H groups in total. The van der Waals surface area contributed by atoms with Crippen LogP contribution in [0.25, 0.3) is 0 Å². The Morgan fingerprint density at radius 1 is 1.11 bits per heavy atom. The molecule has 2 fully saturated rings. The molecule has 1 aromatic heterocycles. The topological polar surface area (TPSA) is 75.6 Å². The Morgan fingerprint density at radius 3 is 2.71 bits per heavy atom. The highest BCUT2D eigenvalue weighted by Gasteiger charge is 2.30. The Balaban J connectivity index is 1.46. The maximum Gasteiger partial charge on any atom is 0.242 e. The van der Waals surface area contributed by atoms with Crippen LogP contribution in [0.5, 0.6) is 11.6 Å². The molecule has 0 bridgehead atoms. The monoisotopic (exact) mass is 380 g/mol. The molecule has 1 unspecified atom stereocenters. The first-order valence-corrected chi connectivity index (χ1v) is 9.80. The molecule has 7 nitrogen and oxygen atoms in total. The SMILES string of the molecule is O=C1CCCN1CC(=O)N1CCCC(c2nccnc2Oc2ccccc2)C1. The molecule has 2 aliphatic rings. The van der Waals surface area contributed by atoms with Crippen LogP contribution >= 0.6 is 0 Å². The van der Waals surface area contributed by atoms with E-state index < -0.39 is 0 Å². The number of hydrogen-bond donors (Lipinski definition) is 0. The summed E-state index contributed by atoms with van der Waals surface area (Å²) in [5, 5.41) is 0. The molecule has 2 aliphatic heterocycles. The van der Waals surface area contributed by atoms with Gasteiger partial charge < -0.3 is 14.5 Å². The summed E-state index contributed by atoms with van der Waals surface area (Å²) >= 11 is 0. The normalized spacial score (nSPS) is 19.7. The van der Waals surface area contributed by atoms with E-state index in [-0.39, 0.29) is 24.3 Å². The Labute approximate surface area is 164 Å². The van der Waals surface area contributed by atoms with E-state index in [9.17, 15) is 9.59 Å². The lowest BCUT2D eigenvalue weighted by molar-refractivity contribution is -0.139. The summed E-state index contributed by atoms with van der Waals surface area (Å²) in [5.41, 5.74) is 0.779. The van der Waals surface area contributed by atoms with Gasteiger partial charge in [0.25, 0.3) is 0 Å². The molecule has 0 spiro atoms. The number of carbonyl (C=O) groups excluding carboxylic acids is 2. The van der Waals surface area contributed by atoms with Gasteiger partial charge in [0.2, 0.25) is 17.7 Å². The van der Waals surface area contributed by atoms with Crippen LogP contribution < -0.4 is 4.74 Å². The van der Waals surface area contributed by atoms with Crippen molar-refractivity contribution < 1.29 is 14.3 Å². The van der Waals surface area contributed by atoms with Crippen molar-refractivity contribution in [3.05, 3.63) is 48.4 Å². The zero-order chi connectivity index (χ0) is 19.3. The Hall–Kier alpha value is -2.96. The van der Waals surface area contributed by atoms with Crippen molar-refractivity contribution in [3.63, 3.8) is 0 Å². The number of benzene rings is 1. The van der Waals surface area contributed by atoms with Crippen LogP contribution in [0.1, 0.15) is 37.3 Å². The molecule has 7 heteroatoms. The Morgan fingerprint density at radius 2 is 1.93 bits per heavy atom. The number of nitrogens with zero attached hydrogens (tertiary/aromatic N) is 4. The van der Waals surface area contributed by atoms with Gasteiger partial charge in [-0.3, -0.25) is 14.6 Å². The number of rotatable bonds is 5. The van der Waals surface area contributed by atoms with E-state index in [1.807, 2.05) is 35.2 Å². The van der Waals surface area contributed by atoms with Crippen molar-refractivity contribution in [1.82, 2.24) is 19.8 Å². The Kier molecular flexibility index (Phi) is 5.50. The number of hydrogen-bond acceptors (Lipinski definition) is 5. The summed E-state index contributed by atoms with van der Waals surface area (Å²) in [7, 11) is 0. The van der Waals surface area contributed by atoms with Gasteiger partial charge in [0, 0.05) is 44.4 Å². The summed E-state index contributed by atoms with van der Waals surface area (Å²) in [6, 6.07) is 9.50. The molecule has 0 aliphatic carbocycles. The molecule has 0 radical (unpaired) electrons. The highest BCUT2D eigenvalue weighted by Crippen LogP contribution is 2.32. The van der Waals surface area contributed by atoms with Gasteiger partial charge in [-0.1, -0.05) is 18.2 Å². The number of likely N-dealkylation sites (tertiary alicyclic amines) is 2. The number of amides is 2. The zero-order valence-electron chi connectivity index (χ0n) is 15.8. The van der Waals surface area contributed by atoms with E-state index in [1.165, 1.54) is 0 Å². The first-order chi connectivity index (χ1) is 13.7. The third kappa shape index (κ3) is 4.13. The lowest BCUT2D eigenvalue weighted by Crippen LogP contribution is -2.45. The molecule has 1 atom stereocenters. The molecule has 4 rings (SSSR count). The molecule has 2 amide bonds. The smallest absolute Gasteiger partial charge is 0.242 e. The van der Waals surface area contributed by atoms with Gasteiger partial charge in [0.05, 0.1) is 6.54 Å². The van der Waals surface area contributed by atoms with Crippen LogP contribution in [0, 0.1) is 0 Å². The van der Waals surface area contributed by atoms with Crippen molar-refractivity contribution in [1.29, 1.82) is 0 Å². The van der Waals surface area contributed by atoms with Crippen molar-refractivity contribution in [2.45, 2.75) is 31.6 Å². The minimum Gasteiger partial charge on any atom is -0.437 e. The van der Waals surface area contributed by atoms with Crippen molar-refractivity contribution in [2.24, 2.45) is 0 Å². The van der Waals surface area contributed by atoms with Crippen LogP contribution in [-0.4, -0.2) is 57.8 Å². The Bertz CT molecular complexity index is 843. The lowest BCUT2D eigenvalue weighted by Gasteiger charge is -2.33. The summed E-state index contributed by atoms with van der Waals surface area (Å²) in [5.74, 6) is 1.35. The summed E-state index contributed by atoms with van der Waals surface area (Å²) in [4.78, 5) is 36.9. The van der Waals surface area contributed by atoms with Crippen LogP contribution in [0.4, 0.5) is 0 Å². The van der Waals surface area contributed by atoms with E-state index in [0.717, 1.165) is 25.0 Å². The van der Waals surface area contributed by atoms with Gasteiger partial charge in [-0.2, -0.15) is 0 Å². The first kappa shape index (κ1) is 18.4. The third-order valence-electron chi connectivity index (χ3n) is 5.31. The molecular weight excluding hydrogens is 356 g/mol. The fourth-order valence-electron chi connectivity index (χ4n) is 3.86. The standard InChI is InChI=1S/C21H24N4O3/c26-18-9-5-13-25(18)15-19(27)24-12-4-6-16(14-24)20-21(23-11-10-22-20)28-17-7-2-1-3-8-17/h1-3,7-8,10-11,16H,4-6,9,12-15H2. The van der Waals surface area contributed by atoms with Crippen molar-refractivity contribution in [2.75, 3.05) is 26.2 Å². The second kappa shape index (κ2) is 8.37. The van der Waals surface area contributed by atoms with Gasteiger partial charge in [0.15, 0.2) is 0 Å². The molecule has 3 heterocycles. The number of carbonyl (C=O) groups is 2. The van der Waals surface area contributed by atoms with E-state index in [2.05, 4.69) is 9.97 Å². The van der Waals surface area contributed by atoms with Gasteiger partial charge in [-0.25, -0.2) is 4.98 Å². The van der Waals surface area contributed by atoms with E-state index >= 15 is 0 Å². The molecule has 146 valence electrons. The molecule has 2 saturated heterocycles. The van der Waals surface area contributed by atoms with Crippen molar-refractivity contribution in [3.8, 4) is 11.6 Å². The molecule has 2 aromatic rings. The van der Waals surface area contributed by atoms with Crippen LogP contribution in [0.2, 0.25) is 0 Å². The molecule has 1 aromatic carbocycles. The van der Waals surface area contributed by atoms with Gasteiger partial charge in [0.1, 0.15) is 11.4 Å². The minimum atomic E-state index is 0.00867. The van der Waals surface area contributed by atoms with Crippen LogP contribution in [0.15, 0.2) is 42.7 Å². The van der Waals surface area contributed by atoms with E-state index in [1.54, 1.807) is 17.3 Å². The predicted molar refractivity (Wildman–Crippen MR) is 103 cm³/mol. The minimum absolute atomic E-state index is 0.00867. The van der Waals surface area contributed by atoms with Gasteiger partial charge >= 0.3 is 0 Å². The van der Waals surface area contributed by atoms with Crippen LogP contribution in [-0.2, 0) is 9.59 Å². The number of para-hydroxylation sites is 1. The maximum atomic E-state index is 12.7. The highest BCUT2D eigenvalue weighted by atomic mass is 16.5. The summed E-state index contributed by atoms with van der Waals surface area (Å²) < 4.78 is 5.95. The summed E-state index contributed by atoms with van der Waals surface area (Å²) in [6.07, 6.45) is 6.50.